The number of carbonyl (C=O) groups is 1. The molecule has 1 aromatic carbocycles. The van der Waals surface area contributed by atoms with Gasteiger partial charge >= 0.3 is 0 Å². The van der Waals surface area contributed by atoms with Gasteiger partial charge in [0.15, 0.2) is 6.29 Å². The van der Waals surface area contributed by atoms with Crippen LogP contribution in [-0.4, -0.2) is 11.4 Å². The summed E-state index contributed by atoms with van der Waals surface area (Å²) in [4.78, 5) is 10.8. The Balaban J connectivity index is 2.46. The van der Waals surface area contributed by atoms with Gasteiger partial charge in [0.2, 0.25) is 0 Å². The quantitative estimate of drug-likeness (QED) is 0.697. The minimum atomic E-state index is -0.343. The Morgan fingerprint density at radius 3 is 2.64 bits per heavy atom. The van der Waals surface area contributed by atoms with Crippen molar-refractivity contribution < 1.29 is 9.90 Å². The van der Waals surface area contributed by atoms with Crippen LogP contribution in [0, 0.1) is 0 Å². The molecule has 0 saturated heterocycles. The second-order valence-electron chi connectivity index (χ2n) is 3.90. The second kappa shape index (κ2) is 3.10. The van der Waals surface area contributed by atoms with Crippen LogP contribution in [0.3, 0.4) is 0 Å². The van der Waals surface area contributed by atoms with Crippen molar-refractivity contribution in [2.45, 2.75) is 24.8 Å². The lowest BCUT2D eigenvalue weighted by molar-refractivity contribution is 0.111. The molecule has 1 saturated carbocycles. The van der Waals surface area contributed by atoms with Gasteiger partial charge in [0, 0.05) is 11.1 Å². The molecule has 0 amide bonds. The van der Waals surface area contributed by atoms with E-state index < -0.39 is 0 Å². The first-order valence-corrected chi connectivity index (χ1v) is 4.73. The lowest BCUT2D eigenvalue weighted by Gasteiger charge is -2.39. The fourth-order valence-electron chi connectivity index (χ4n) is 1.93. The molecule has 1 aliphatic rings. The SMILES string of the molecule is NC1(c2ccc(O)cc2C=O)CCC1. The monoisotopic (exact) mass is 191 g/mol. The molecule has 0 unspecified atom stereocenters. The summed E-state index contributed by atoms with van der Waals surface area (Å²) in [6.07, 6.45) is 3.69. The van der Waals surface area contributed by atoms with E-state index in [2.05, 4.69) is 0 Å². The van der Waals surface area contributed by atoms with Gasteiger partial charge in [0.25, 0.3) is 0 Å². The first-order chi connectivity index (χ1) is 6.65. The summed E-state index contributed by atoms with van der Waals surface area (Å²) < 4.78 is 0. The third kappa shape index (κ3) is 1.30. The molecule has 1 aliphatic carbocycles. The molecule has 0 heterocycles. The van der Waals surface area contributed by atoms with E-state index in [1.807, 2.05) is 0 Å². The highest BCUT2D eigenvalue weighted by atomic mass is 16.3. The number of hydrogen-bond donors (Lipinski definition) is 2. The maximum atomic E-state index is 10.8. The largest absolute Gasteiger partial charge is 0.508 e. The van der Waals surface area contributed by atoms with Crippen LogP contribution in [0.25, 0.3) is 0 Å². The summed E-state index contributed by atoms with van der Waals surface area (Å²) in [6.45, 7) is 0. The zero-order valence-electron chi connectivity index (χ0n) is 7.86. The van der Waals surface area contributed by atoms with Gasteiger partial charge in [-0.15, -0.1) is 0 Å². The minimum absolute atomic E-state index is 0.110. The van der Waals surface area contributed by atoms with E-state index in [1.54, 1.807) is 12.1 Å². The van der Waals surface area contributed by atoms with Gasteiger partial charge in [0.1, 0.15) is 5.75 Å². The van der Waals surface area contributed by atoms with Crippen LogP contribution in [0.1, 0.15) is 35.2 Å². The number of nitrogens with two attached hydrogens (primary N) is 1. The van der Waals surface area contributed by atoms with Crippen molar-refractivity contribution in [1.29, 1.82) is 0 Å². The van der Waals surface area contributed by atoms with Gasteiger partial charge in [0.05, 0.1) is 0 Å². The van der Waals surface area contributed by atoms with Gasteiger partial charge in [-0.05, 0) is 37.0 Å². The van der Waals surface area contributed by atoms with Gasteiger partial charge in [-0.1, -0.05) is 6.07 Å². The molecule has 1 aromatic rings. The van der Waals surface area contributed by atoms with Crippen molar-refractivity contribution in [3.63, 3.8) is 0 Å². The molecule has 3 nitrogen and oxygen atoms in total. The molecular weight excluding hydrogens is 178 g/mol. The average Bonchev–Trinajstić information content (AvgIpc) is 2.14. The van der Waals surface area contributed by atoms with E-state index in [0.29, 0.717) is 5.56 Å². The smallest absolute Gasteiger partial charge is 0.150 e. The minimum Gasteiger partial charge on any atom is -0.508 e. The molecule has 0 aliphatic heterocycles. The van der Waals surface area contributed by atoms with Crippen molar-refractivity contribution in [3.05, 3.63) is 29.3 Å². The molecule has 3 N–H and O–H groups in total. The summed E-state index contributed by atoms with van der Waals surface area (Å²) >= 11 is 0. The molecule has 0 bridgehead atoms. The Labute approximate surface area is 82.5 Å². The third-order valence-electron chi connectivity index (χ3n) is 2.94. The van der Waals surface area contributed by atoms with Gasteiger partial charge in [-0.2, -0.15) is 0 Å². The molecule has 3 heteroatoms. The molecular formula is C11H13NO2. The normalized spacial score (nSPS) is 18.6. The number of aldehydes is 1. The zero-order valence-corrected chi connectivity index (χ0v) is 7.86. The maximum absolute atomic E-state index is 10.8. The summed E-state index contributed by atoms with van der Waals surface area (Å²) in [5.41, 5.74) is 7.13. The molecule has 0 spiro atoms. The van der Waals surface area contributed by atoms with Crippen molar-refractivity contribution in [2.24, 2.45) is 5.73 Å². The Morgan fingerprint density at radius 2 is 2.14 bits per heavy atom. The van der Waals surface area contributed by atoms with Crippen LogP contribution in [0.2, 0.25) is 0 Å². The lowest BCUT2D eigenvalue weighted by Crippen LogP contribution is -2.44. The molecule has 14 heavy (non-hydrogen) atoms. The number of carbonyl (C=O) groups excluding carboxylic acids is 1. The van der Waals surface area contributed by atoms with Crippen LogP contribution in [0.4, 0.5) is 0 Å². The molecule has 0 atom stereocenters. The van der Waals surface area contributed by atoms with Crippen LogP contribution < -0.4 is 5.73 Å². The van der Waals surface area contributed by atoms with Crippen molar-refractivity contribution in [1.82, 2.24) is 0 Å². The molecule has 0 radical (unpaired) electrons. The maximum Gasteiger partial charge on any atom is 0.150 e. The predicted molar refractivity (Wildman–Crippen MR) is 53.2 cm³/mol. The van der Waals surface area contributed by atoms with Crippen molar-refractivity contribution in [2.75, 3.05) is 0 Å². The van der Waals surface area contributed by atoms with E-state index in [9.17, 15) is 9.90 Å². The highest BCUT2D eigenvalue weighted by Gasteiger charge is 2.35. The number of aromatic hydroxyl groups is 1. The highest BCUT2D eigenvalue weighted by molar-refractivity contribution is 5.79. The molecule has 2 rings (SSSR count). The van der Waals surface area contributed by atoms with E-state index >= 15 is 0 Å². The predicted octanol–water partition coefficient (Wildman–Crippen LogP) is 1.54. The van der Waals surface area contributed by atoms with E-state index in [4.69, 9.17) is 5.73 Å². The highest BCUT2D eigenvalue weighted by Crippen LogP contribution is 2.40. The van der Waals surface area contributed by atoms with Gasteiger partial charge in [-0.3, -0.25) is 4.79 Å². The van der Waals surface area contributed by atoms with Crippen LogP contribution in [0.5, 0.6) is 5.75 Å². The molecule has 1 fully saturated rings. The Morgan fingerprint density at radius 1 is 1.43 bits per heavy atom. The summed E-state index contributed by atoms with van der Waals surface area (Å²) in [6, 6.07) is 4.79. The van der Waals surface area contributed by atoms with E-state index in [1.165, 1.54) is 6.07 Å². The average molecular weight is 191 g/mol. The van der Waals surface area contributed by atoms with Crippen LogP contribution >= 0.6 is 0 Å². The van der Waals surface area contributed by atoms with Crippen LogP contribution in [-0.2, 0) is 5.54 Å². The molecule has 0 aromatic heterocycles. The van der Waals surface area contributed by atoms with Crippen molar-refractivity contribution >= 4 is 6.29 Å². The number of hydrogen-bond acceptors (Lipinski definition) is 3. The summed E-state index contributed by atoms with van der Waals surface area (Å²) in [5, 5.41) is 9.23. The van der Waals surface area contributed by atoms with Gasteiger partial charge < -0.3 is 10.8 Å². The fourth-order valence-corrected chi connectivity index (χ4v) is 1.93. The topological polar surface area (TPSA) is 63.3 Å². The zero-order chi connectivity index (χ0) is 10.2. The second-order valence-corrected chi connectivity index (χ2v) is 3.90. The lowest BCUT2D eigenvalue weighted by atomic mass is 9.71. The van der Waals surface area contributed by atoms with E-state index in [0.717, 1.165) is 31.1 Å². The van der Waals surface area contributed by atoms with Gasteiger partial charge in [-0.25, -0.2) is 0 Å². The van der Waals surface area contributed by atoms with Crippen LogP contribution in [0.15, 0.2) is 18.2 Å². The Bertz CT molecular complexity index is 370. The number of benzene rings is 1. The van der Waals surface area contributed by atoms with Crippen molar-refractivity contribution in [3.8, 4) is 5.75 Å². The Hall–Kier alpha value is -1.35. The number of rotatable bonds is 2. The number of phenols is 1. The Kier molecular flexibility index (Phi) is 2.04. The van der Waals surface area contributed by atoms with E-state index in [-0.39, 0.29) is 11.3 Å². The molecule has 74 valence electrons. The third-order valence-corrected chi connectivity index (χ3v) is 2.94. The summed E-state index contributed by atoms with van der Waals surface area (Å²) in [5.74, 6) is 0.110. The standard InChI is InChI=1S/C11H13NO2/c12-11(4-1-5-11)10-3-2-9(14)6-8(10)7-13/h2-3,6-7,14H,1,4-5,12H2. The number of phenolic OH excluding ortho intramolecular Hbond substituents is 1. The first-order valence-electron chi connectivity index (χ1n) is 4.73. The first kappa shape index (κ1) is 9.21. The summed E-state index contributed by atoms with van der Waals surface area (Å²) in [7, 11) is 0. The fraction of sp³-hybridized carbons (Fsp3) is 0.364.